The number of amides is 1. The fraction of sp³-hybridized carbons (Fsp3) is 0.174. The van der Waals surface area contributed by atoms with Crippen molar-refractivity contribution in [2.24, 2.45) is 0 Å². The van der Waals surface area contributed by atoms with Gasteiger partial charge in [-0.15, -0.1) is 0 Å². The first kappa shape index (κ1) is 18.7. The van der Waals surface area contributed by atoms with E-state index in [9.17, 15) is 9.59 Å². The number of para-hydroxylation sites is 1. The topological polar surface area (TPSA) is 77.5 Å². The number of rotatable bonds is 5. The van der Waals surface area contributed by atoms with Gasteiger partial charge in [0, 0.05) is 28.4 Å². The van der Waals surface area contributed by atoms with Gasteiger partial charge in [0.05, 0.1) is 6.61 Å². The van der Waals surface area contributed by atoms with Gasteiger partial charge in [-0.05, 0) is 43.7 Å². The van der Waals surface area contributed by atoms with Crippen LogP contribution in [0.15, 0.2) is 54.7 Å². The summed E-state index contributed by atoms with van der Waals surface area (Å²) in [5.41, 5.74) is 3.72. The molecule has 2 heterocycles. The molecule has 6 nitrogen and oxygen atoms in total. The molecule has 0 saturated heterocycles. The number of nitrogens with zero attached hydrogens (tertiary/aromatic N) is 1. The predicted molar refractivity (Wildman–Crippen MR) is 111 cm³/mol. The number of fused-ring (bicyclic) bond motifs is 2. The molecule has 2 aromatic carbocycles. The highest BCUT2D eigenvalue weighted by atomic mass is 16.6. The van der Waals surface area contributed by atoms with Gasteiger partial charge in [-0.2, -0.15) is 0 Å². The smallest absolute Gasteiger partial charge is 0.347 e. The van der Waals surface area contributed by atoms with Crippen molar-refractivity contribution in [2.45, 2.75) is 20.0 Å². The SMILES string of the molecule is CCOC(=O)C(C)Oc1ccc(/C=C2/C(=O)Nc3ccccc32)c2cccnc12. The minimum atomic E-state index is -0.753. The van der Waals surface area contributed by atoms with Crippen LogP contribution < -0.4 is 10.1 Å². The average molecular weight is 388 g/mol. The van der Waals surface area contributed by atoms with Crippen LogP contribution in [-0.4, -0.2) is 29.6 Å². The van der Waals surface area contributed by atoms with Crippen LogP contribution in [0.25, 0.3) is 22.6 Å². The first-order chi connectivity index (χ1) is 14.1. The number of pyridine rings is 1. The largest absolute Gasteiger partial charge is 0.477 e. The lowest BCUT2D eigenvalue weighted by Crippen LogP contribution is -2.26. The number of hydrogen-bond donors (Lipinski definition) is 1. The first-order valence-electron chi connectivity index (χ1n) is 9.42. The summed E-state index contributed by atoms with van der Waals surface area (Å²) < 4.78 is 10.8. The second-order valence-electron chi connectivity index (χ2n) is 6.62. The number of carbonyl (C=O) groups excluding carboxylic acids is 2. The molecule has 0 bridgehead atoms. The summed E-state index contributed by atoms with van der Waals surface area (Å²) in [6.07, 6.45) is 2.76. The minimum absolute atomic E-state index is 0.139. The van der Waals surface area contributed by atoms with Crippen LogP contribution in [0.3, 0.4) is 0 Å². The van der Waals surface area contributed by atoms with Crippen LogP contribution in [0.4, 0.5) is 5.69 Å². The van der Waals surface area contributed by atoms with Crippen LogP contribution in [0.5, 0.6) is 5.75 Å². The number of nitrogens with one attached hydrogen (secondary N) is 1. The number of benzene rings is 2. The van der Waals surface area contributed by atoms with Gasteiger partial charge < -0.3 is 14.8 Å². The molecule has 1 N–H and O–H groups in total. The fourth-order valence-electron chi connectivity index (χ4n) is 3.33. The second kappa shape index (κ2) is 7.75. The van der Waals surface area contributed by atoms with E-state index < -0.39 is 12.1 Å². The standard InChI is InChI=1S/C23H20N2O4/c1-3-28-23(27)14(2)29-20-11-10-15(16-8-6-12-24-21(16)20)13-18-17-7-4-5-9-19(17)25-22(18)26/h4-14H,3H2,1-2H3,(H,25,26)/b18-13+. The second-order valence-corrected chi connectivity index (χ2v) is 6.62. The van der Waals surface area contributed by atoms with E-state index in [4.69, 9.17) is 9.47 Å². The Morgan fingerprint density at radius 1 is 1.17 bits per heavy atom. The Morgan fingerprint density at radius 2 is 2.00 bits per heavy atom. The molecule has 1 aliphatic heterocycles. The Bertz CT molecular complexity index is 1140. The van der Waals surface area contributed by atoms with Crippen LogP contribution in [0, 0.1) is 0 Å². The minimum Gasteiger partial charge on any atom is -0.477 e. The fourth-order valence-corrected chi connectivity index (χ4v) is 3.33. The van der Waals surface area contributed by atoms with Crippen molar-refractivity contribution in [3.05, 3.63) is 65.9 Å². The maximum Gasteiger partial charge on any atom is 0.347 e. The Balaban J connectivity index is 1.75. The molecule has 0 aliphatic carbocycles. The Kier molecular flexibility index (Phi) is 4.99. The van der Waals surface area contributed by atoms with E-state index in [-0.39, 0.29) is 5.91 Å². The molecular formula is C23H20N2O4. The number of esters is 1. The summed E-state index contributed by atoms with van der Waals surface area (Å²) in [6.45, 7) is 3.69. The van der Waals surface area contributed by atoms with Crippen molar-refractivity contribution in [3.8, 4) is 5.75 Å². The zero-order valence-corrected chi connectivity index (χ0v) is 16.1. The summed E-state index contributed by atoms with van der Waals surface area (Å²) in [6, 6.07) is 14.9. The van der Waals surface area contributed by atoms with Gasteiger partial charge in [0.1, 0.15) is 11.3 Å². The monoisotopic (exact) mass is 388 g/mol. The van der Waals surface area contributed by atoms with Gasteiger partial charge >= 0.3 is 5.97 Å². The summed E-state index contributed by atoms with van der Waals surface area (Å²) in [5, 5.41) is 3.70. The van der Waals surface area contributed by atoms with Crippen molar-refractivity contribution in [1.82, 2.24) is 4.98 Å². The van der Waals surface area contributed by atoms with E-state index in [1.165, 1.54) is 0 Å². The summed E-state index contributed by atoms with van der Waals surface area (Å²) in [4.78, 5) is 28.8. The molecule has 0 saturated carbocycles. The van der Waals surface area contributed by atoms with E-state index in [1.807, 2.05) is 48.5 Å². The molecule has 1 aliphatic rings. The Hall–Kier alpha value is -3.67. The van der Waals surface area contributed by atoms with Crippen LogP contribution in [0.2, 0.25) is 0 Å². The van der Waals surface area contributed by atoms with Crippen molar-refractivity contribution in [3.63, 3.8) is 0 Å². The molecule has 3 aromatic rings. The highest BCUT2D eigenvalue weighted by molar-refractivity contribution is 6.35. The molecular weight excluding hydrogens is 368 g/mol. The van der Waals surface area contributed by atoms with E-state index in [1.54, 1.807) is 26.1 Å². The van der Waals surface area contributed by atoms with Gasteiger partial charge in [-0.3, -0.25) is 9.78 Å². The zero-order valence-electron chi connectivity index (χ0n) is 16.1. The molecule has 0 radical (unpaired) electrons. The predicted octanol–water partition coefficient (Wildman–Crippen LogP) is 4.06. The first-order valence-corrected chi connectivity index (χ1v) is 9.42. The third-order valence-electron chi connectivity index (χ3n) is 4.70. The molecule has 0 fully saturated rings. The highest BCUT2D eigenvalue weighted by Crippen LogP contribution is 2.35. The van der Waals surface area contributed by atoms with E-state index >= 15 is 0 Å². The summed E-state index contributed by atoms with van der Waals surface area (Å²) in [7, 11) is 0. The third-order valence-corrected chi connectivity index (χ3v) is 4.70. The molecule has 1 unspecified atom stereocenters. The summed E-state index contributed by atoms with van der Waals surface area (Å²) >= 11 is 0. The molecule has 1 aromatic heterocycles. The molecule has 0 spiro atoms. The van der Waals surface area contributed by atoms with Crippen molar-refractivity contribution in [1.29, 1.82) is 0 Å². The van der Waals surface area contributed by atoms with Crippen LogP contribution in [-0.2, 0) is 14.3 Å². The zero-order chi connectivity index (χ0) is 20.4. The lowest BCUT2D eigenvalue weighted by Gasteiger charge is -2.15. The van der Waals surface area contributed by atoms with E-state index in [0.717, 1.165) is 22.2 Å². The number of aromatic nitrogens is 1. The number of hydrogen-bond acceptors (Lipinski definition) is 5. The maximum absolute atomic E-state index is 12.4. The van der Waals surface area contributed by atoms with E-state index in [2.05, 4.69) is 10.3 Å². The maximum atomic E-state index is 12.4. The van der Waals surface area contributed by atoms with Crippen LogP contribution >= 0.6 is 0 Å². The molecule has 4 rings (SSSR count). The van der Waals surface area contributed by atoms with Crippen molar-refractivity contribution < 1.29 is 19.1 Å². The van der Waals surface area contributed by atoms with Gasteiger partial charge in [0.25, 0.3) is 5.91 Å². The number of carbonyl (C=O) groups is 2. The normalized spacial score (nSPS) is 15.1. The highest BCUT2D eigenvalue weighted by Gasteiger charge is 2.24. The molecule has 146 valence electrons. The molecule has 6 heteroatoms. The molecule has 1 amide bonds. The van der Waals surface area contributed by atoms with Crippen molar-refractivity contribution >= 4 is 40.1 Å². The summed E-state index contributed by atoms with van der Waals surface area (Å²) in [5.74, 6) is -0.0823. The lowest BCUT2D eigenvalue weighted by atomic mass is 10.0. The quantitative estimate of drug-likeness (QED) is 0.527. The number of anilines is 1. The van der Waals surface area contributed by atoms with Gasteiger partial charge in [-0.1, -0.05) is 30.3 Å². The van der Waals surface area contributed by atoms with Crippen LogP contribution in [0.1, 0.15) is 25.0 Å². The lowest BCUT2D eigenvalue weighted by molar-refractivity contribution is -0.150. The van der Waals surface area contributed by atoms with Crippen molar-refractivity contribution in [2.75, 3.05) is 11.9 Å². The Labute approximate surface area is 168 Å². The van der Waals surface area contributed by atoms with Gasteiger partial charge in [-0.25, -0.2) is 4.79 Å². The average Bonchev–Trinajstić information content (AvgIpc) is 3.05. The molecule has 29 heavy (non-hydrogen) atoms. The van der Waals surface area contributed by atoms with Gasteiger partial charge in [0.15, 0.2) is 6.10 Å². The molecule has 1 atom stereocenters. The Morgan fingerprint density at radius 3 is 2.83 bits per heavy atom. The van der Waals surface area contributed by atoms with Gasteiger partial charge in [0.2, 0.25) is 0 Å². The van der Waals surface area contributed by atoms with E-state index in [0.29, 0.717) is 23.4 Å². The third kappa shape index (κ3) is 3.57. The number of ether oxygens (including phenoxy) is 2.